The normalized spacial score (nSPS) is 16.0. The number of amides is 1. The van der Waals surface area contributed by atoms with Crippen LogP contribution in [0, 0.1) is 6.92 Å². The zero-order valence-corrected chi connectivity index (χ0v) is 13.5. The summed E-state index contributed by atoms with van der Waals surface area (Å²) < 4.78 is 0. The smallest absolute Gasteiger partial charge is 0.248 e. The largest absolute Gasteiger partial charge is 0.369 e. The Bertz CT molecular complexity index is 644. The molecule has 1 aliphatic rings. The monoisotopic (exact) mass is 316 g/mol. The number of hydrogen-bond acceptors (Lipinski definition) is 5. The first kappa shape index (κ1) is 15.0. The molecule has 1 aromatic carbocycles. The summed E-state index contributed by atoms with van der Waals surface area (Å²) in [5, 5.41) is 0. The minimum atomic E-state index is -0.378. The number of aromatic nitrogens is 1. The highest BCUT2D eigenvalue weighted by atomic mass is 32.1. The Kier molecular flexibility index (Phi) is 4.40. The molecule has 3 rings (SSSR count). The maximum absolute atomic E-state index is 11.1. The van der Waals surface area contributed by atoms with E-state index in [2.05, 4.69) is 21.7 Å². The van der Waals surface area contributed by atoms with Crippen molar-refractivity contribution in [2.24, 2.45) is 5.73 Å². The van der Waals surface area contributed by atoms with E-state index in [4.69, 9.17) is 5.73 Å². The summed E-state index contributed by atoms with van der Waals surface area (Å²) >= 11 is 1.73. The fraction of sp³-hybridized carbons (Fsp3) is 0.375. The van der Waals surface area contributed by atoms with Gasteiger partial charge < -0.3 is 10.6 Å². The molecule has 5 nitrogen and oxygen atoms in total. The average Bonchev–Trinajstić information content (AvgIpc) is 2.93. The third-order valence-electron chi connectivity index (χ3n) is 4.10. The van der Waals surface area contributed by atoms with Gasteiger partial charge in [-0.15, -0.1) is 11.3 Å². The molecule has 2 heterocycles. The van der Waals surface area contributed by atoms with Gasteiger partial charge in [0.2, 0.25) is 5.91 Å². The molecule has 0 radical (unpaired) electrons. The van der Waals surface area contributed by atoms with E-state index in [0.717, 1.165) is 44.1 Å². The molecule has 2 N–H and O–H groups in total. The number of anilines is 1. The highest BCUT2D eigenvalue weighted by Gasteiger charge is 2.18. The quantitative estimate of drug-likeness (QED) is 0.935. The number of hydrogen-bond donors (Lipinski definition) is 1. The molecule has 1 aromatic heterocycles. The number of thiazole rings is 1. The number of nitrogens with zero attached hydrogens (tertiary/aromatic N) is 3. The first-order chi connectivity index (χ1) is 10.6. The zero-order valence-electron chi connectivity index (χ0n) is 12.7. The number of carbonyl (C=O) groups excluding carboxylic acids is 1. The zero-order chi connectivity index (χ0) is 15.5. The second kappa shape index (κ2) is 6.46. The fourth-order valence-electron chi connectivity index (χ4n) is 2.68. The van der Waals surface area contributed by atoms with Crippen molar-refractivity contribution in [3.05, 3.63) is 45.9 Å². The Hall–Kier alpha value is -1.92. The lowest BCUT2D eigenvalue weighted by atomic mass is 10.1. The Morgan fingerprint density at radius 3 is 2.45 bits per heavy atom. The molecule has 1 fully saturated rings. The van der Waals surface area contributed by atoms with Gasteiger partial charge in [0.15, 0.2) is 0 Å². The number of benzene rings is 1. The highest BCUT2D eigenvalue weighted by molar-refractivity contribution is 7.09. The van der Waals surface area contributed by atoms with E-state index in [1.807, 2.05) is 17.6 Å². The van der Waals surface area contributed by atoms with Gasteiger partial charge in [-0.05, 0) is 31.2 Å². The molecule has 1 aliphatic heterocycles. The molecular weight excluding hydrogens is 296 g/mol. The van der Waals surface area contributed by atoms with Crippen LogP contribution >= 0.6 is 11.3 Å². The van der Waals surface area contributed by atoms with Crippen LogP contribution in [-0.4, -0.2) is 42.0 Å². The van der Waals surface area contributed by atoms with Crippen LogP contribution in [0.4, 0.5) is 5.69 Å². The van der Waals surface area contributed by atoms with Gasteiger partial charge in [-0.1, -0.05) is 0 Å². The van der Waals surface area contributed by atoms with Crippen molar-refractivity contribution in [1.29, 1.82) is 0 Å². The summed E-state index contributed by atoms with van der Waals surface area (Å²) in [5.74, 6) is -0.378. The maximum atomic E-state index is 11.1. The predicted octanol–water partition coefficient (Wildman–Crippen LogP) is 1.87. The average molecular weight is 316 g/mol. The predicted molar refractivity (Wildman–Crippen MR) is 89.3 cm³/mol. The Morgan fingerprint density at radius 2 is 1.91 bits per heavy atom. The number of piperazine rings is 1. The van der Waals surface area contributed by atoms with Gasteiger partial charge in [0.1, 0.15) is 0 Å². The molecular formula is C16H20N4OS. The molecule has 1 saturated heterocycles. The van der Waals surface area contributed by atoms with Crippen LogP contribution in [0.1, 0.15) is 20.9 Å². The Morgan fingerprint density at radius 1 is 1.23 bits per heavy atom. The van der Waals surface area contributed by atoms with Crippen molar-refractivity contribution in [2.45, 2.75) is 13.5 Å². The van der Waals surface area contributed by atoms with Crippen LogP contribution in [0.15, 0.2) is 29.8 Å². The second-order valence-electron chi connectivity index (χ2n) is 5.54. The van der Waals surface area contributed by atoms with Gasteiger partial charge in [0.25, 0.3) is 0 Å². The number of carbonyl (C=O) groups is 1. The molecule has 2 aromatic rings. The number of nitrogens with two attached hydrogens (primary N) is 1. The Balaban J connectivity index is 1.57. The van der Waals surface area contributed by atoms with Crippen LogP contribution in [0.5, 0.6) is 0 Å². The van der Waals surface area contributed by atoms with Gasteiger partial charge in [-0.25, -0.2) is 4.98 Å². The molecule has 1 amide bonds. The van der Waals surface area contributed by atoms with Crippen LogP contribution in [0.25, 0.3) is 0 Å². The Labute approximate surface area is 134 Å². The van der Waals surface area contributed by atoms with Crippen LogP contribution in [0.2, 0.25) is 0 Å². The van der Waals surface area contributed by atoms with E-state index in [1.54, 1.807) is 23.5 Å². The molecule has 0 spiro atoms. The molecule has 0 saturated carbocycles. The van der Waals surface area contributed by atoms with E-state index in [-0.39, 0.29) is 5.91 Å². The van der Waals surface area contributed by atoms with Gasteiger partial charge in [0, 0.05) is 48.9 Å². The minimum absolute atomic E-state index is 0.378. The first-order valence-corrected chi connectivity index (χ1v) is 8.27. The number of primary amides is 1. The lowest BCUT2D eigenvalue weighted by Crippen LogP contribution is -2.45. The van der Waals surface area contributed by atoms with Crippen molar-refractivity contribution >= 4 is 22.9 Å². The summed E-state index contributed by atoms with van der Waals surface area (Å²) in [7, 11) is 0. The molecule has 0 atom stereocenters. The summed E-state index contributed by atoms with van der Waals surface area (Å²) in [6.45, 7) is 7.12. The summed E-state index contributed by atoms with van der Waals surface area (Å²) in [4.78, 5) is 21.6. The van der Waals surface area contributed by atoms with E-state index < -0.39 is 0 Å². The van der Waals surface area contributed by atoms with E-state index in [0.29, 0.717) is 5.56 Å². The molecule has 0 unspecified atom stereocenters. The van der Waals surface area contributed by atoms with Crippen molar-refractivity contribution in [1.82, 2.24) is 9.88 Å². The second-order valence-corrected chi connectivity index (χ2v) is 6.47. The van der Waals surface area contributed by atoms with Crippen molar-refractivity contribution in [2.75, 3.05) is 31.1 Å². The third kappa shape index (κ3) is 3.28. The number of rotatable bonds is 4. The van der Waals surface area contributed by atoms with Crippen LogP contribution < -0.4 is 10.6 Å². The van der Waals surface area contributed by atoms with Gasteiger partial charge >= 0.3 is 0 Å². The van der Waals surface area contributed by atoms with Gasteiger partial charge in [-0.3, -0.25) is 9.69 Å². The van der Waals surface area contributed by atoms with Crippen LogP contribution in [0.3, 0.4) is 0 Å². The standard InChI is InChI=1S/C16H20N4OS/c1-12-15(22-11-18-12)10-19-6-8-20(9-7-19)14-4-2-13(3-5-14)16(17)21/h2-5,11H,6-10H2,1H3,(H2,17,21). The summed E-state index contributed by atoms with van der Waals surface area (Å²) in [5.41, 5.74) is 10.0. The molecule has 6 heteroatoms. The molecule has 22 heavy (non-hydrogen) atoms. The SMILES string of the molecule is Cc1ncsc1CN1CCN(c2ccc(C(N)=O)cc2)CC1. The molecule has 116 valence electrons. The first-order valence-electron chi connectivity index (χ1n) is 7.39. The summed E-state index contributed by atoms with van der Waals surface area (Å²) in [6.07, 6.45) is 0. The lowest BCUT2D eigenvalue weighted by molar-refractivity contribution is 0.100. The van der Waals surface area contributed by atoms with Crippen molar-refractivity contribution < 1.29 is 4.79 Å². The lowest BCUT2D eigenvalue weighted by Gasteiger charge is -2.36. The topological polar surface area (TPSA) is 62.5 Å². The highest BCUT2D eigenvalue weighted by Crippen LogP contribution is 2.20. The summed E-state index contributed by atoms with van der Waals surface area (Å²) in [6, 6.07) is 7.54. The molecule has 0 aliphatic carbocycles. The van der Waals surface area contributed by atoms with E-state index in [1.165, 1.54) is 4.88 Å². The fourth-order valence-corrected chi connectivity index (χ4v) is 3.50. The maximum Gasteiger partial charge on any atom is 0.248 e. The van der Waals surface area contributed by atoms with Gasteiger partial charge in [0.05, 0.1) is 11.2 Å². The van der Waals surface area contributed by atoms with Crippen molar-refractivity contribution in [3.63, 3.8) is 0 Å². The number of aryl methyl sites for hydroxylation is 1. The van der Waals surface area contributed by atoms with Crippen LogP contribution in [-0.2, 0) is 6.54 Å². The van der Waals surface area contributed by atoms with E-state index >= 15 is 0 Å². The van der Waals surface area contributed by atoms with Gasteiger partial charge in [-0.2, -0.15) is 0 Å². The third-order valence-corrected chi connectivity index (χ3v) is 5.02. The van der Waals surface area contributed by atoms with Crippen molar-refractivity contribution in [3.8, 4) is 0 Å². The minimum Gasteiger partial charge on any atom is -0.369 e. The van der Waals surface area contributed by atoms with E-state index in [9.17, 15) is 4.79 Å². The molecule has 0 bridgehead atoms.